The zero-order chi connectivity index (χ0) is 64.6. The first-order valence-corrected chi connectivity index (χ1v) is 33.1. The number of hydrogen-bond donors (Lipinski definition) is 7. The van der Waals surface area contributed by atoms with Crippen molar-refractivity contribution < 1.29 is 58.0 Å². The number of aliphatic carboxylic acids is 2. The van der Waals surface area contributed by atoms with Crippen LogP contribution in [0.5, 0.6) is 0 Å². The summed E-state index contributed by atoms with van der Waals surface area (Å²) in [6.07, 6.45) is 1.42. The number of carboxylic acids is 2. The molecule has 0 fully saturated rings. The summed E-state index contributed by atoms with van der Waals surface area (Å²) in [5, 5.41) is 44.1. The van der Waals surface area contributed by atoms with E-state index in [-0.39, 0.29) is 102 Å². The molecule has 0 saturated heterocycles. The van der Waals surface area contributed by atoms with E-state index in [1.165, 1.54) is 48.7 Å². The first kappa shape index (κ1) is 67.6. The van der Waals surface area contributed by atoms with Gasteiger partial charge in [-0.15, -0.1) is 68.4 Å². The van der Waals surface area contributed by atoms with Crippen molar-refractivity contribution in [2.24, 2.45) is 21.1 Å². The minimum Gasteiger partial charge on any atom is -0.481 e. The number of nitrogens with zero attached hydrogens (tertiary/aromatic N) is 9. The van der Waals surface area contributed by atoms with Crippen molar-refractivity contribution in [2.75, 3.05) is 45.4 Å². The van der Waals surface area contributed by atoms with E-state index in [1.807, 2.05) is 13.8 Å². The van der Waals surface area contributed by atoms with Crippen LogP contribution < -0.4 is 31.5 Å². The van der Waals surface area contributed by atoms with E-state index < -0.39 is 89.6 Å². The molecule has 5 aromatic heterocycles. The molecule has 90 heavy (non-hydrogen) atoms. The molecule has 6 amide bonds. The van der Waals surface area contributed by atoms with Crippen LogP contribution >= 0.6 is 68.4 Å². The van der Waals surface area contributed by atoms with Gasteiger partial charge in [-0.3, -0.25) is 43.5 Å². The molecule has 6 atom stereocenters. The Kier molecular flexibility index (Phi) is 24.0. The summed E-state index contributed by atoms with van der Waals surface area (Å²) < 4.78 is 10.9. The number of aromatic nitrogens is 5. The maximum absolute atomic E-state index is 14.3. The predicted octanol–water partition coefficient (Wildman–Crippen LogP) is 7.56. The molecule has 0 aliphatic carbocycles. The van der Waals surface area contributed by atoms with Crippen LogP contribution in [0.15, 0.2) is 85.7 Å². The Morgan fingerprint density at radius 2 is 1.61 bits per heavy atom. The lowest BCUT2D eigenvalue weighted by molar-refractivity contribution is -0.138. The normalized spacial score (nSPS) is 19.2. The van der Waals surface area contributed by atoms with Crippen molar-refractivity contribution >= 4 is 138 Å². The van der Waals surface area contributed by atoms with Gasteiger partial charge in [0.25, 0.3) is 11.8 Å². The first-order chi connectivity index (χ1) is 43.3. The summed E-state index contributed by atoms with van der Waals surface area (Å²) in [6.45, 7) is 8.57. The van der Waals surface area contributed by atoms with Gasteiger partial charge in [0.15, 0.2) is 0 Å². The first-order valence-electron chi connectivity index (χ1n) is 27.8. The maximum atomic E-state index is 14.3. The van der Waals surface area contributed by atoms with Crippen LogP contribution in [0.2, 0.25) is 0 Å². The van der Waals surface area contributed by atoms with Crippen LogP contribution in [0.3, 0.4) is 0 Å². The minimum absolute atomic E-state index is 0.0154. The summed E-state index contributed by atoms with van der Waals surface area (Å²) in [7, 11) is 2.93. The lowest BCUT2D eigenvalue weighted by Crippen LogP contribution is -2.45. The second-order valence-corrected chi connectivity index (χ2v) is 26.4. The van der Waals surface area contributed by atoms with Crippen LogP contribution in [0, 0.1) is 17.7 Å². The molecule has 33 heteroatoms. The number of thioether (sulfide) groups is 1. The third-order valence-electron chi connectivity index (χ3n) is 13.5. The number of amides is 6. The Morgan fingerprint density at radius 3 is 2.32 bits per heavy atom. The van der Waals surface area contributed by atoms with Gasteiger partial charge in [-0.2, -0.15) is 4.91 Å². The van der Waals surface area contributed by atoms with Crippen LogP contribution in [0.1, 0.15) is 121 Å². The molecule has 6 aromatic rings. The molecule has 0 radical (unpaired) electrons. The Bertz CT molecular complexity index is 3720. The van der Waals surface area contributed by atoms with Crippen LogP contribution in [-0.4, -0.2) is 151 Å². The van der Waals surface area contributed by atoms with E-state index >= 15 is 0 Å². The third kappa shape index (κ3) is 17.5. The molecule has 2 unspecified atom stereocenters. The second kappa shape index (κ2) is 31.9. The van der Waals surface area contributed by atoms with Gasteiger partial charge < -0.3 is 46.3 Å². The molecule has 8 rings (SSSR count). The number of benzene rings is 1. The van der Waals surface area contributed by atoms with E-state index in [1.54, 1.807) is 59.5 Å². The van der Waals surface area contributed by atoms with Gasteiger partial charge in [0.2, 0.25) is 17.7 Å². The fourth-order valence-electron chi connectivity index (χ4n) is 9.05. The highest BCUT2D eigenvalue weighted by molar-refractivity contribution is 8.15. The number of rotatable bonds is 20. The summed E-state index contributed by atoms with van der Waals surface area (Å²) in [5.41, 5.74) is 1.72. The van der Waals surface area contributed by atoms with Crippen LogP contribution in [0.25, 0.3) is 16.4 Å². The maximum Gasteiger partial charge on any atom is 0.415 e. The van der Waals surface area contributed by atoms with Crippen molar-refractivity contribution in [3.05, 3.63) is 123 Å². The zero-order valence-electron chi connectivity index (χ0n) is 49.0. The lowest BCUT2D eigenvalue weighted by Gasteiger charge is -2.22. The molecule has 2 aliphatic rings. The summed E-state index contributed by atoms with van der Waals surface area (Å²) in [4.78, 5) is 154. The molecule has 7 N–H and O–H groups in total. The number of thiazole rings is 5. The number of allylic oxidation sites excluding steroid dienone is 2. The average Bonchev–Trinajstić information content (AvgIpc) is 2.05. The van der Waals surface area contributed by atoms with Gasteiger partial charge >= 0.3 is 18.0 Å². The quantitative estimate of drug-likeness (QED) is 0.0220. The molecule has 1 aromatic carbocycles. The van der Waals surface area contributed by atoms with Crippen molar-refractivity contribution in [1.82, 2.24) is 51.5 Å². The number of nitrogens with one attached hydrogen (secondary N) is 5. The lowest BCUT2D eigenvalue weighted by atomic mass is 10.0. The van der Waals surface area contributed by atoms with E-state index in [9.17, 15) is 48.4 Å². The van der Waals surface area contributed by atoms with Gasteiger partial charge in [0, 0.05) is 66.4 Å². The van der Waals surface area contributed by atoms with Gasteiger partial charge in [0.05, 0.1) is 70.7 Å². The molecule has 0 saturated carbocycles. The number of anilines is 1. The van der Waals surface area contributed by atoms with E-state index in [2.05, 4.69) is 43.3 Å². The monoisotopic (exact) mass is 1340 g/mol. The average molecular weight is 1340 g/mol. The second-order valence-electron chi connectivity index (χ2n) is 20.3. The SMILES string of the molecule is C=C/C=C(\N=C1Cc2nc(cs2)C(=O)N[C@@H](CC(=O)NC)c2nc(c(C)s2)C(=O)N[C@@H](C(C)C)C2=NC(C(=O)NCC(=O)N[C@@H]([C@@H](N=O)c3ccccc3)c3nc(cs3)-c3nc1cs3)C(COC)S2)c1nc(N(CCCC(=O)O)C(=O)OCCCC(=O)O)cs1. The van der Waals surface area contributed by atoms with Crippen LogP contribution in [0.4, 0.5) is 10.6 Å². The standard InChI is InChI=1S/C57H62N14O13S6/c1-7-13-31(52-65-38(27-88-52)71(18-11-16-42(74)75)57(81)84-19-12-17-43(76)77)60-32-21-41-61-35(25-85-41)49(78)62-33(20-39(72)58-5)54-68-45(29(4)89-54)51(80)67-44(28(2)3)56-69-47(37(90-56)23-83-6)50(79)59-22-40(73)66-48(46(70-82)30-14-9-8-10-15-30)55-64-36(26-87-55)53-63-34(32)24-86-53/h7-10,13-15,24-28,33,37,44,46-48H,1,11-12,16-23H2,2-6H3,(H,58,72)(H,59,79)(H,62,78)(H,66,73)(H,67,80)(H,74,75)(H,76,77)/b31-13-,60-32?/t33-,37?,44-,46-,47?,48-/m0/s1. The zero-order valence-corrected chi connectivity index (χ0v) is 53.9. The third-order valence-corrected chi connectivity index (χ3v) is 19.4. The number of aliphatic imine (C=N–C) groups is 2. The molecule has 0 spiro atoms. The van der Waals surface area contributed by atoms with Crippen molar-refractivity contribution in [3.63, 3.8) is 0 Å². The Balaban J connectivity index is 1.21. The van der Waals surface area contributed by atoms with Gasteiger partial charge in [0.1, 0.15) is 61.1 Å². The molecule has 10 bridgehead atoms. The van der Waals surface area contributed by atoms with Crippen molar-refractivity contribution in [2.45, 2.75) is 94.8 Å². The van der Waals surface area contributed by atoms with Crippen molar-refractivity contribution in [3.8, 4) is 10.7 Å². The number of methoxy groups -OCH3 is 1. The highest BCUT2D eigenvalue weighted by Crippen LogP contribution is 2.38. The summed E-state index contributed by atoms with van der Waals surface area (Å²) >= 11 is 6.94. The Hall–Kier alpha value is -8.34. The highest BCUT2D eigenvalue weighted by Gasteiger charge is 2.40. The van der Waals surface area contributed by atoms with E-state index in [0.717, 1.165) is 50.2 Å². The summed E-state index contributed by atoms with van der Waals surface area (Å²) in [5.74, 6) is -5.24. The van der Waals surface area contributed by atoms with Gasteiger partial charge in [-0.25, -0.2) is 34.7 Å². The minimum atomic E-state index is -1.19. The summed E-state index contributed by atoms with van der Waals surface area (Å²) in [6, 6.07) is 3.49. The Labute approximate surface area is 539 Å². The number of hydrogen-bond acceptors (Lipinski definition) is 25. The number of nitroso groups, excluding NO2 is 1. The van der Waals surface area contributed by atoms with Gasteiger partial charge in [-0.1, -0.05) is 62.0 Å². The predicted molar refractivity (Wildman–Crippen MR) is 343 cm³/mol. The molecular weight excluding hydrogens is 1280 g/mol. The number of carboxylic acid groups (broad SMARTS) is 2. The molecular formula is C57H62N14O13S6. The number of carbonyl (C=O) groups is 8. The largest absolute Gasteiger partial charge is 0.481 e. The Morgan fingerprint density at radius 1 is 0.867 bits per heavy atom. The molecule has 7 heterocycles. The van der Waals surface area contributed by atoms with Gasteiger partial charge in [-0.05, 0) is 37.3 Å². The molecule has 27 nitrogen and oxygen atoms in total. The fraction of sp³-hybridized carbons (Fsp3) is 0.386. The fourth-order valence-corrected chi connectivity index (χ4v) is 14.8. The number of fused-ring (bicyclic) bond motifs is 10. The smallest absolute Gasteiger partial charge is 0.415 e. The van der Waals surface area contributed by atoms with Crippen LogP contribution in [-0.2, 0) is 39.9 Å². The number of carbonyl (C=O) groups excluding carboxylic acids is 6. The number of ether oxygens (including phenoxy) is 2. The van der Waals surface area contributed by atoms with Crippen molar-refractivity contribution in [1.29, 1.82) is 0 Å². The van der Waals surface area contributed by atoms with E-state index in [4.69, 9.17) is 44.5 Å². The number of aryl methyl sites for hydroxylation is 1. The highest BCUT2D eigenvalue weighted by atomic mass is 32.2. The molecule has 2 aliphatic heterocycles. The molecule has 474 valence electrons. The van der Waals surface area contributed by atoms with E-state index in [0.29, 0.717) is 42.6 Å². The topological polar surface area (TPSA) is 377 Å².